The number of anilines is 1. The lowest BCUT2D eigenvalue weighted by molar-refractivity contribution is -0.113. The third kappa shape index (κ3) is 6.01. The third-order valence-corrected chi connectivity index (χ3v) is 6.70. The summed E-state index contributed by atoms with van der Waals surface area (Å²) in [6, 6.07) is 22.8. The van der Waals surface area contributed by atoms with Gasteiger partial charge in [0.1, 0.15) is 0 Å². The van der Waals surface area contributed by atoms with E-state index in [1.54, 1.807) is 0 Å². The number of hydrogen-bond acceptors (Lipinski definition) is 4. The predicted molar refractivity (Wildman–Crippen MR) is 146 cm³/mol. The van der Waals surface area contributed by atoms with Gasteiger partial charge in [-0.2, -0.15) is 0 Å². The molecule has 0 saturated carbocycles. The van der Waals surface area contributed by atoms with Crippen LogP contribution in [0, 0.1) is 20.8 Å². The number of aromatic nitrogens is 3. The monoisotopic (exact) mass is 484 g/mol. The molecule has 0 aliphatic carbocycles. The van der Waals surface area contributed by atoms with E-state index in [1.165, 1.54) is 22.9 Å². The predicted octanol–water partition coefficient (Wildman–Crippen LogP) is 6.89. The van der Waals surface area contributed by atoms with Gasteiger partial charge in [0.15, 0.2) is 11.0 Å². The molecule has 1 amide bonds. The van der Waals surface area contributed by atoms with E-state index < -0.39 is 0 Å². The van der Waals surface area contributed by atoms with E-state index in [4.69, 9.17) is 0 Å². The topological polar surface area (TPSA) is 59.8 Å². The minimum Gasteiger partial charge on any atom is -0.325 e. The summed E-state index contributed by atoms with van der Waals surface area (Å²) in [5, 5.41) is 12.7. The molecule has 6 heteroatoms. The molecule has 1 N–H and O–H groups in total. The molecule has 0 unspecified atom stereocenters. The van der Waals surface area contributed by atoms with Gasteiger partial charge in [0.05, 0.1) is 5.75 Å². The summed E-state index contributed by atoms with van der Waals surface area (Å²) in [6.07, 6.45) is 0. The van der Waals surface area contributed by atoms with E-state index in [1.807, 2.05) is 30.5 Å². The molecule has 180 valence electrons. The van der Waals surface area contributed by atoms with Crippen LogP contribution in [0.25, 0.3) is 17.1 Å². The molecule has 0 radical (unpaired) electrons. The standard InChI is InChI=1S/C29H32N4OS/c1-19-7-13-25(14-8-19)33-27(22-9-11-23(12-10-22)29(4,5)6)31-32-28(33)35-18-26(34)30-24-16-20(2)15-21(3)17-24/h7-17H,18H2,1-6H3,(H,30,34). The summed E-state index contributed by atoms with van der Waals surface area (Å²) in [7, 11) is 0. The van der Waals surface area contributed by atoms with Crippen LogP contribution in [-0.4, -0.2) is 26.4 Å². The smallest absolute Gasteiger partial charge is 0.234 e. The average molecular weight is 485 g/mol. The average Bonchev–Trinajstić information content (AvgIpc) is 3.21. The zero-order chi connectivity index (χ0) is 25.2. The van der Waals surface area contributed by atoms with Crippen LogP contribution in [0.2, 0.25) is 0 Å². The second-order valence-corrected chi connectivity index (χ2v) is 11.0. The van der Waals surface area contributed by atoms with Crippen LogP contribution in [-0.2, 0) is 10.2 Å². The summed E-state index contributed by atoms with van der Waals surface area (Å²) in [5.41, 5.74) is 7.52. The molecule has 0 aliphatic heterocycles. The number of carbonyl (C=O) groups is 1. The number of hydrogen-bond donors (Lipinski definition) is 1. The molecule has 4 aromatic rings. The van der Waals surface area contributed by atoms with E-state index in [-0.39, 0.29) is 17.1 Å². The highest BCUT2D eigenvalue weighted by Gasteiger charge is 2.19. The summed E-state index contributed by atoms with van der Waals surface area (Å²) < 4.78 is 2.03. The van der Waals surface area contributed by atoms with Gasteiger partial charge in [0.2, 0.25) is 5.91 Å². The van der Waals surface area contributed by atoms with E-state index >= 15 is 0 Å². The van der Waals surface area contributed by atoms with Crippen molar-refractivity contribution in [2.75, 3.05) is 11.1 Å². The Labute approximate surface area is 212 Å². The number of nitrogens with one attached hydrogen (secondary N) is 1. The van der Waals surface area contributed by atoms with E-state index in [9.17, 15) is 4.79 Å². The number of rotatable bonds is 6. The van der Waals surface area contributed by atoms with Gasteiger partial charge in [-0.3, -0.25) is 9.36 Å². The molecule has 1 heterocycles. The van der Waals surface area contributed by atoms with Crippen molar-refractivity contribution in [1.82, 2.24) is 14.8 Å². The van der Waals surface area contributed by atoms with Gasteiger partial charge < -0.3 is 5.32 Å². The van der Waals surface area contributed by atoms with Crippen molar-refractivity contribution < 1.29 is 4.79 Å². The minimum absolute atomic E-state index is 0.0745. The number of carbonyl (C=O) groups excluding carboxylic acids is 1. The quantitative estimate of drug-likeness (QED) is 0.303. The molecule has 0 aliphatic rings. The van der Waals surface area contributed by atoms with Crippen molar-refractivity contribution in [2.24, 2.45) is 0 Å². The van der Waals surface area contributed by atoms with Gasteiger partial charge in [-0.1, -0.05) is 80.6 Å². The maximum atomic E-state index is 12.7. The van der Waals surface area contributed by atoms with Crippen LogP contribution in [0.1, 0.15) is 43.0 Å². The number of benzene rings is 3. The number of aryl methyl sites for hydroxylation is 3. The highest BCUT2D eigenvalue weighted by molar-refractivity contribution is 7.99. The molecule has 0 fully saturated rings. The normalized spacial score (nSPS) is 11.5. The zero-order valence-corrected chi connectivity index (χ0v) is 22.0. The first-order chi connectivity index (χ1) is 16.6. The summed E-state index contributed by atoms with van der Waals surface area (Å²) >= 11 is 1.38. The van der Waals surface area contributed by atoms with Gasteiger partial charge >= 0.3 is 0 Å². The molecule has 3 aromatic carbocycles. The van der Waals surface area contributed by atoms with Gasteiger partial charge in [-0.05, 0) is 67.1 Å². The van der Waals surface area contributed by atoms with E-state index in [0.717, 1.165) is 33.9 Å². The molecular weight excluding hydrogens is 452 g/mol. The summed E-state index contributed by atoms with van der Waals surface area (Å²) in [5.74, 6) is 0.918. The second-order valence-electron chi connectivity index (χ2n) is 10.0. The molecular formula is C29H32N4OS. The lowest BCUT2D eigenvalue weighted by atomic mass is 9.87. The first-order valence-electron chi connectivity index (χ1n) is 11.7. The van der Waals surface area contributed by atoms with Crippen LogP contribution in [0.5, 0.6) is 0 Å². The van der Waals surface area contributed by atoms with Gasteiger partial charge in [0.25, 0.3) is 0 Å². The molecule has 35 heavy (non-hydrogen) atoms. The van der Waals surface area contributed by atoms with E-state index in [2.05, 4.69) is 97.8 Å². The largest absolute Gasteiger partial charge is 0.325 e. The molecule has 0 saturated heterocycles. The zero-order valence-electron chi connectivity index (χ0n) is 21.2. The Morgan fingerprint density at radius 2 is 1.49 bits per heavy atom. The van der Waals surface area contributed by atoms with Crippen LogP contribution >= 0.6 is 11.8 Å². The fourth-order valence-corrected chi connectivity index (χ4v) is 4.72. The Kier molecular flexibility index (Phi) is 7.13. The molecule has 4 rings (SSSR count). The van der Waals surface area contributed by atoms with Crippen molar-refractivity contribution in [1.29, 1.82) is 0 Å². The fourth-order valence-electron chi connectivity index (χ4n) is 3.97. The van der Waals surface area contributed by atoms with Crippen molar-refractivity contribution in [3.8, 4) is 17.1 Å². The Morgan fingerprint density at radius 1 is 0.857 bits per heavy atom. The Bertz CT molecular complexity index is 1310. The van der Waals surface area contributed by atoms with Crippen molar-refractivity contribution >= 4 is 23.4 Å². The first-order valence-corrected chi connectivity index (χ1v) is 12.7. The Morgan fingerprint density at radius 3 is 2.09 bits per heavy atom. The lowest BCUT2D eigenvalue weighted by Gasteiger charge is -2.19. The molecule has 0 spiro atoms. The fraction of sp³-hybridized carbons (Fsp3) is 0.276. The lowest BCUT2D eigenvalue weighted by Crippen LogP contribution is -2.14. The van der Waals surface area contributed by atoms with Crippen molar-refractivity contribution in [3.63, 3.8) is 0 Å². The number of amides is 1. The second kappa shape index (κ2) is 10.1. The highest BCUT2D eigenvalue weighted by Crippen LogP contribution is 2.30. The minimum atomic E-state index is -0.0745. The van der Waals surface area contributed by atoms with E-state index in [0.29, 0.717) is 5.16 Å². The van der Waals surface area contributed by atoms with Crippen molar-refractivity contribution in [3.05, 3.63) is 89.0 Å². The number of nitrogens with zero attached hydrogens (tertiary/aromatic N) is 3. The Hall–Kier alpha value is -3.38. The van der Waals surface area contributed by atoms with Crippen LogP contribution < -0.4 is 5.32 Å². The van der Waals surface area contributed by atoms with Crippen LogP contribution in [0.4, 0.5) is 5.69 Å². The molecule has 1 aromatic heterocycles. The van der Waals surface area contributed by atoms with Crippen LogP contribution in [0.3, 0.4) is 0 Å². The molecule has 5 nitrogen and oxygen atoms in total. The van der Waals surface area contributed by atoms with Crippen LogP contribution in [0.15, 0.2) is 71.9 Å². The van der Waals surface area contributed by atoms with Gasteiger partial charge in [-0.25, -0.2) is 0 Å². The Balaban J connectivity index is 1.61. The SMILES string of the molecule is Cc1ccc(-n2c(SCC(=O)Nc3cc(C)cc(C)c3)nnc2-c2ccc(C(C)(C)C)cc2)cc1. The summed E-state index contributed by atoms with van der Waals surface area (Å²) in [4.78, 5) is 12.7. The maximum absolute atomic E-state index is 12.7. The third-order valence-electron chi connectivity index (χ3n) is 5.77. The maximum Gasteiger partial charge on any atom is 0.234 e. The van der Waals surface area contributed by atoms with Gasteiger partial charge in [0, 0.05) is 16.9 Å². The first kappa shape index (κ1) is 24.7. The van der Waals surface area contributed by atoms with Crippen molar-refractivity contribution in [2.45, 2.75) is 52.1 Å². The summed E-state index contributed by atoms with van der Waals surface area (Å²) in [6.45, 7) is 12.7. The number of thioether (sulfide) groups is 1. The molecule has 0 bridgehead atoms. The molecule has 0 atom stereocenters. The highest BCUT2D eigenvalue weighted by atomic mass is 32.2. The van der Waals surface area contributed by atoms with Gasteiger partial charge in [-0.15, -0.1) is 10.2 Å².